The van der Waals surface area contributed by atoms with Crippen LogP contribution in [0.5, 0.6) is 0 Å². The first-order chi connectivity index (χ1) is 6.31. The summed E-state index contributed by atoms with van der Waals surface area (Å²) in [4.78, 5) is 0.701. The Morgan fingerprint density at radius 2 is 1.69 bits per heavy atom. The van der Waals surface area contributed by atoms with Gasteiger partial charge in [-0.15, -0.1) is 0 Å². The molecule has 80 valence electrons. The number of ether oxygens (including phenoxy) is 1. The molecule has 0 aromatic heterocycles. The fourth-order valence-electron chi connectivity index (χ4n) is 1.21. The van der Waals surface area contributed by atoms with E-state index >= 15 is 0 Å². The van der Waals surface area contributed by atoms with E-state index in [1.165, 1.54) is 38.5 Å². The van der Waals surface area contributed by atoms with Gasteiger partial charge in [0.2, 0.25) is 0 Å². The quantitative estimate of drug-likeness (QED) is 0.442. The molecule has 1 atom stereocenters. The molecule has 0 radical (unpaired) electrons. The lowest BCUT2D eigenvalue weighted by Gasteiger charge is -2.07. The van der Waals surface area contributed by atoms with Crippen molar-refractivity contribution in [2.75, 3.05) is 13.2 Å². The molecule has 0 saturated heterocycles. The Morgan fingerprint density at radius 1 is 1.00 bits per heavy atom. The molecule has 0 N–H and O–H groups in total. The molecule has 0 aromatic carbocycles. The second-order valence-corrected chi connectivity index (χ2v) is 4.79. The number of alkyl halides is 1. The summed E-state index contributed by atoms with van der Waals surface area (Å²) in [6, 6.07) is 0. The van der Waals surface area contributed by atoms with E-state index in [-0.39, 0.29) is 0 Å². The van der Waals surface area contributed by atoms with Crippen LogP contribution >= 0.6 is 15.9 Å². The molecule has 13 heavy (non-hydrogen) atoms. The van der Waals surface area contributed by atoms with Crippen LogP contribution in [0.15, 0.2) is 0 Å². The third-order valence-electron chi connectivity index (χ3n) is 2.05. The topological polar surface area (TPSA) is 9.23 Å². The van der Waals surface area contributed by atoms with E-state index in [4.69, 9.17) is 4.74 Å². The third kappa shape index (κ3) is 10.4. The van der Waals surface area contributed by atoms with Crippen molar-refractivity contribution in [3.05, 3.63) is 0 Å². The van der Waals surface area contributed by atoms with Gasteiger partial charge in [-0.1, -0.05) is 42.6 Å². The Morgan fingerprint density at radius 3 is 2.31 bits per heavy atom. The number of unbranched alkanes of at least 4 members (excludes halogenated alkanes) is 1. The molecule has 1 unspecified atom stereocenters. The summed E-state index contributed by atoms with van der Waals surface area (Å²) < 4.78 is 5.48. The van der Waals surface area contributed by atoms with Gasteiger partial charge in [-0.05, 0) is 25.7 Å². The lowest BCUT2D eigenvalue weighted by molar-refractivity contribution is 0.127. The molecule has 0 aliphatic rings. The molecule has 0 saturated carbocycles. The maximum atomic E-state index is 5.48. The van der Waals surface area contributed by atoms with E-state index < -0.39 is 0 Å². The highest BCUT2D eigenvalue weighted by atomic mass is 79.9. The van der Waals surface area contributed by atoms with Gasteiger partial charge in [0.05, 0.1) is 0 Å². The maximum absolute atomic E-state index is 5.48. The molecule has 0 spiro atoms. The molecule has 0 heterocycles. The summed E-state index contributed by atoms with van der Waals surface area (Å²) in [5.41, 5.74) is 0. The van der Waals surface area contributed by atoms with Gasteiger partial charge in [-0.3, -0.25) is 0 Å². The predicted octanol–water partition coefficient (Wildman–Crippen LogP) is 4.15. The SMILES string of the molecule is CCCCOCCCC(Br)CCC. The molecule has 0 amide bonds. The van der Waals surface area contributed by atoms with Crippen LogP contribution in [0.25, 0.3) is 0 Å². The molecule has 2 heteroatoms. The van der Waals surface area contributed by atoms with Gasteiger partial charge in [0.1, 0.15) is 0 Å². The van der Waals surface area contributed by atoms with Crippen LogP contribution in [-0.4, -0.2) is 18.0 Å². The van der Waals surface area contributed by atoms with Crippen molar-refractivity contribution in [1.82, 2.24) is 0 Å². The largest absolute Gasteiger partial charge is 0.381 e. The van der Waals surface area contributed by atoms with E-state index in [1.54, 1.807) is 0 Å². The van der Waals surface area contributed by atoms with Crippen LogP contribution in [0, 0.1) is 0 Å². The third-order valence-corrected chi connectivity index (χ3v) is 2.97. The Kier molecular flexibility index (Phi) is 10.9. The average molecular weight is 251 g/mol. The van der Waals surface area contributed by atoms with Crippen molar-refractivity contribution >= 4 is 15.9 Å². The van der Waals surface area contributed by atoms with Gasteiger partial charge in [0.15, 0.2) is 0 Å². The zero-order chi connectivity index (χ0) is 9.94. The highest BCUT2D eigenvalue weighted by Crippen LogP contribution is 2.13. The molecule has 0 rings (SSSR count). The van der Waals surface area contributed by atoms with Crippen molar-refractivity contribution < 1.29 is 4.74 Å². The molecule has 0 bridgehead atoms. The van der Waals surface area contributed by atoms with Crippen molar-refractivity contribution in [1.29, 1.82) is 0 Å². The van der Waals surface area contributed by atoms with Crippen LogP contribution in [0.2, 0.25) is 0 Å². The number of hydrogen-bond donors (Lipinski definition) is 0. The van der Waals surface area contributed by atoms with Gasteiger partial charge in [-0.25, -0.2) is 0 Å². The molecule has 0 fully saturated rings. The molecule has 1 nitrogen and oxygen atoms in total. The summed E-state index contributed by atoms with van der Waals surface area (Å²) in [5.74, 6) is 0. The molecular weight excluding hydrogens is 228 g/mol. The van der Waals surface area contributed by atoms with Crippen molar-refractivity contribution in [3.8, 4) is 0 Å². The first-order valence-corrected chi connectivity index (χ1v) is 6.44. The normalized spacial score (nSPS) is 13.2. The summed E-state index contributed by atoms with van der Waals surface area (Å²) in [7, 11) is 0. The van der Waals surface area contributed by atoms with Gasteiger partial charge < -0.3 is 4.74 Å². The van der Waals surface area contributed by atoms with Crippen molar-refractivity contribution in [3.63, 3.8) is 0 Å². The number of hydrogen-bond acceptors (Lipinski definition) is 1. The van der Waals surface area contributed by atoms with E-state index in [0.29, 0.717) is 4.83 Å². The Bertz CT molecular complexity index is 96.1. The van der Waals surface area contributed by atoms with Crippen LogP contribution < -0.4 is 0 Å². The van der Waals surface area contributed by atoms with Crippen LogP contribution in [0.4, 0.5) is 0 Å². The first kappa shape index (κ1) is 13.4. The fraction of sp³-hybridized carbons (Fsp3) is 1.00. The maximum Gasteiger partial charge on any atom is 0.0466 e. The van der Waals surface area contributed by atoms with Gasteiger partial charge in [0, 0.05) is 18.0 Å². The zero-order valence-corrected chi connectivity index (χ0v) is 10.6. The van der Waals surface area contributed by atoms with E-state index in [1.807, 2.05) is 0 Å². The van der Waals surface area contributed by atoms with Crippen LogP contribution in [0.3, 0.4) is 0 Å². The second-order valence-electron chi connectivity index (χ2n) is 3.49. The lowest BCUT2D eigenvalue weighted by Crippen LogP contribution is -2.02. The number of rotatable bonds is 9. The Labute approximate surface area is 91.4 Å². The van der Waals surface area contributed by atoms with Gasteiger partial charge >= 0.3 is 0 Å². The van der Waals surface area contributed by atoms with Crippen LogP contribution in [-0.2, 0) is 4.74 Å². The van der Waals surface area contributed by atoms with Crippen molar-refractivity contribution in [2.45, 2.75) is 57.2 Å². The lowest BCUT2D eigenvalue weighted by atomic mass is 10.2. The molecule has 0 aliphatic carbocycles. The number of halogens is 1. The Balaban J connectivity index is 2.97. The van der Waals surface area contributed by atoms with Crippen LogP contribution in [0.1, 0.15) is 52.4 Å². The summed E-state index contributed by atoms with van der Waals surface area (Å²) in [6.07, 6.45) is 7.44. The monoisotopic (exact) mass is 250 g/mol. The smallest absolute Gasteiger partial charge is 0.0466 e. The Hall–Kier alpha value is 0.440. The predicted molar refractivity (Wildman–Crippen MR) is 62.6 cm³/mol. The minimum atomic E-state index is 0.701. The van der Waals surface area contributed by atoms with E-state index in [0.717, 1.165) is 13.2 Å². The second kappa shape index (κ2) is 10.5. The van der Waals surface area contributed by atoms with E-state index in [2.05, 4.69) is 29.8 Å². The molecule has 0 aromatic rings. The summed E-state index contributed by atoms with van der Waals surface area (Å²) in [6.45, 7) is 6.30. The minimum absolute atomic E-state index is 0.701. The average Bonchev–Trinajstić information content (AvgIpc) is 2.11. The molecular formula is C11H23BrO. The highest BCUT2D eigenvalue weighted by molar-refractivity contribution is 9.09. The van der Waals surface area contributed by atoms with Gasteiger partial charge in [-0.2, -0.15) is 0 Å². The van der Waals surface area contributed by atoms with E-state index in [9.17, 15) is 0 Å². The first-order valence-electron chi connectivity index (χ1n) is 5.53. The fourth-order valence-corrected chi connectivity index (χ4v) is 1.99. The molecule has 0 aliphatic heterocycles. The van der Waals surface area contributed by atoms with Gasteiger partial charge in [0.25, 0.3) is 0 Å². The highest BCUT2D eigenvalue weighted by Gasteiger charge is 2.01. The zero-order valence-electron chi connectivity index (χ0n) is 9.02. The standard InChI is InChI=1S/C11H23BrO/c1-3-5-9-13-10-6-8-11(12)7-4-2/h11H,3-10H2,1-2H3. The summed E-state index contributed by atoms with van der Waals surface area (Å²) in [5, 5.41) is 0. The summed E-state index contributed by atoms with van der Waals surface area (Å²) >= 11 is 3.67. The minimum Gasteiger partial charge on any atom is -0.381 e. The van der Waals surface area contributed by atoms with Crippen molar-refractivity contribution in [2.24, 2.45) is 0 Å².